The van der Waals surface area contributed by atoms with Crippen molar-refractivity contribution in [3.8, 4) is 5.75 Å². The van der Waals surface area contributed by atoms with Gasteiger partial charge >= 0.3 is 0 Å². The maximum atomic E-state index is 14.2. The molecule has 1 aliphatic rings. The smallest absolute Gasteiger partial charge is 0.220 e. The van der Waals surface area contributed by atoms with Gasteiger partial charge in [0.25, 0.3) is 0 Å². The second kappa shape index (κ2) is 12.6. The van der Waals surface area contributed by atoms with E-state index in [1.54, 1.807) is 6.07 Å². The van der Waals surface area contributed by atoms with Crippen LogP contribution < -0.4 is 10.1 Å². The maximum absolute atomic E-state index is 14.2. The molecule has 0 aliphatic carbocycles. The third-order valence-corrected chi connectivity index (χ3v) is 6.33. The summed E-state index contributed by atoms with van der Waals surface area (Å²) in [5.74, 6) is -0.552. The molecule has 2 aromatic carbocycles. The molecule has 0 spiro atoms. The fraction of sp³-hybridized carbons (Fsp3) is 0.481. The van der Waals surface area contributed by atoms with Crippen LogP contribution in [0.25, 0.3) is 0 Å². The van der Waals surface area contributed by atoms with Crippen LogP contribution in [0.4, 0.5) is 4.39 Å². The van der Waals surface area contributed by atoms with Crippen LogP contribution in [0.5, 0.6) is 5.75 Å². The molecule has 2 aromatic rings. The molecule has 1 amide bonds. The van der Waals surface area contributed by atoms with Crippen LogP contribution in [-0.2, 0) is 4.79 Å². The van der Waals surface area contributed by atoms with Crippen molar-refractivity contribution in [2.45, 2.75) is 57.6 Å². The molecule has 7 heteroatoms. The number of carbonyl (C=O) groups excluding carboxylic acids is 2. The number of unbranched alkanes of at least 4 members (excludes halogenated alkanes) is 1. The molecule has 0 bridgehead atoms. The number of Topliss-reactive ketones (excluding diaryl/α,β-unsaturated/α-hetero) is 1. The molecule has 0 saturated carbocycles. The summed E-state index contributed by atoms with van der Waals surface area (Å²) in [6.07, 6.45) is 2.97. The van der Waals surface area contributed by atoms with Crippen molar-refractivity contribution >= 4 is 11.7 Å². The SMILES string of the molecule is COc1ccc([C@@H](O)[C@@H](CN2CCCC2)NC(=O)CCCCC(=O)c2ccc(C)cc2)cc1F. The number of hydrogen-bond donors (Lipinski definition) is 2. The molecule has 2 atom stereocenters. The molecular weight excluding hydrogens is 435 g/mol. The first kappa shape index (κ1) is 25.8. The fourth-order valence-electron chi connectivity index (χ4n) is 4.30. The van der Waals surface area contributed by atoms with Crippen molar-refractivity contribution < 1.29 is 23.8 Å². The molecule has 3 rings (SSSR count). The largest absolute Gasteiger partial charge is 0.494 e. The minimum Gasteiger partial charge on any atom is -0.494 e. The zero-order valence-corrected chi connectivity index (χ0v) is 20.1. The first-order valence-electron chi connectivity index (χ1n) is 12.0. The lowest BCUT2D eigenvalue weighted by atomic mass is 10.0. The number of ether oxygens (including phenoxy) is 1. The van der Waals surface area contributed by atoms with E-state index in [2.05, 4.69) is 10.2 Å². The number of nitrogens with one attached hydrogen (secondary N) is 1. The number of methoxy groups -OCH3 is 1. The van der Waals surface area contributed by atoms with E-state index in [-0.39, 0.29) is 23.9 Å². The molecule has 34 heavy (non-hydrogen) atoms. The number of benzene rings is 2. The van der Waals surface area contributed by atoms with Crippen LogP contribution in [0.1, 0.15) is 66.1 Å². The van der Waals surface area contributed by atoms with Crippen LogP contribution in [-0.4, -0.2) is 54.5 Å². The van der Waals surface area contributed by atoms with Gasteiger partial charge in [0.1, 0.15) is 6.10 Å². The van der Waals surface area contributed by atoms with Crippen molar-refractivity contribution in [1.29, 1.82) is 0 Å². The third-order valence-electron chi connectivity index (χ3n) is 6.33. The predicted octanol–water partition coefficient (Wildman–Crippen LogP) is 4.20. The van der Waals surface area contributed by atoms with Crippen molar-refractivity contribution in [1.82, 2.24) is 10.2 Å². The number of likely N-dealkylation sites (tertiary alicyclic amines) is 1. The Hall–Kier alpha value is -2.77. The van der Waals surface area contributed by atoms with E-state index in [4.69, 9.17) is 4.74 Å². The molecule has 1 saturated heterocycles. The summed E-state index contributed by atoms with van der Waals surface area (Å²) in [6, 6.07) is 11.3. The quantitative estimate of drug-likeness (QED) is 0.359. The summed E-state index contributed by atoms with van der Waals surface area (Å²) in [5, 5.41) is 13.9. The Morgan fingerprint density at radius 1 is 1.09 bits per heavy atom. The lowest BCUT2D eigenvalue weighted by molar-refractivity contribution is -0.123. The Morgan fingerprint density at radius 3 is 2.41 bits per heavy atom. The molecule has 1 heterocycles. The second-order valence-corrected chi connectivity index (χ2v) is 9.02. The molecule has 0 radical (unpaired) electrons. The second-order valence-electron chi connectivity index (χ2n) is 9.02. The van der Waals surface area contributed by atoms with E-state index in [1.807, 2.05) is 31.2 Å². The molecule has 0 unspecified atom stereocenters. The van der Waals surface area contributed by atoms with E-state index in [0.717, 1.165) is 31.5 Å². The van der Waals surface area contributed by atoms with E-state index < -0.39 is 18.0 Å². The first-order valence-corrected chi connectivity index (χ1v) is 12.0. The van der Waals surface area contributed by atoms with Gasteiger partial charge in [-0.15, -0.1) is 0 Å². The summed E-state index contributed by atoms with van der Waals surface area (Å²) in [5.41, 5.74) is 2.19. The number of nitrogens with zero attached hydrogens (tertiary/aromatic N) is 1. The number of rotatable bonds is 12. The van der Waals surface area contributed by atoms with E-state index in [9.17, 15) is 19.1 Å². The highest BCUT2D eigenvalue weighted by Crippen LogP contribution is 2.25. The van der Waals surface area contributed by atoms with E-state index in [0.29, 0.717) is 36.9 Å². The molecule has 0 aromatic heterocycles. The zero-order valence-electron chi connectivity index (χ0n) is 20.1. The summed E-state index contributed by atoms with van der Waals surface area (Å²) in [6.45, 7) is 4.30. The predicted molar refractivity (Wildman–Crippen MR) is 129 cm³/mol. The van der Waals surface area contributed by atoms with Gasteiger partial charge in [-0.2, -0.15) is 0 Å². The Morgan fingerprint density at radius 2 is 1.76 bits per heavy atom. The minimum absolute atomic E-state index is 0.0734. The van der Waals surface area contributed by atoms with Crippen LogP contribution in [0.15, 0.2) is 42.5 Å². The Bertz CT molecular complexity index is 958. The number of hydrogen-bond acceptors (Lipinski definition) is 5. The van der Waals surface area contributed by atoms with Crippen molar-refractivity contribution in [2.75, 3.05) is 26.7 Å². The van der Waals surface area contributed by atoms with Crippen molar-refractivity contribution in [2.24, 2.45) is 0 Å². The Labute approximate surface area is 201 Å². The lowest BCUT2D eigenvalue weighted by Crippen LogP contribution is -2.46. The number of ketones is 1. The molecule has 1 aliphatic heterocycles. The van der Waals surface area contributed by atoms with Gasteiger partial charge in [-0.1, -0.05) is 35.9 Å². The maximum Gasteiger partial charge on any atom is 0.220 e. The van der Waals surface area contributed by atoms with Gasteiger partial charge in [0.2, 0.25) is 5.91 Å². The van der Waals surface area contributed by atoms with Crippen LogP contribution >= 0.6 is 0 Å². The average molecular weight is 471 g/mol. The Kier molecular flexibility index (Phi) is 9.60. The topological polar surface area (TPSA) is 78.9 Å². The minimum atomic E-state index is -1.05. The van der Waals surface area contributed by atoms with Crippen LogP contribution in [0.2, 0.25) is 0 Å². The number of halogens is 1. The lowest BCUT2D eigenvalue weighted by Gasteiger charge is -2.29. The van der Waals surface area contributed by atoms with Gasteiger partial charge < -0.3 is 20.1 Å². The van der Waals surface area contributed by atoms with Gasteiger partial charge in [-0.05, 0) is 63.4 Å². The number of aliphatic hydroxyl groups is 1. The average Bonchev–Trinajstić information content (AvgIpc) is 3.34. The molecule has 184 valence electrons. The fourth-order valence-corrected chi connectivity index (χ4v) is 4.30. The third kappa shape index (κ3) is 7.37. The van der Waals surface area contributed by atoms with Gasteiger partial charge in [0.15, 0.2) is 17.3 Å². The summed E-state index contributed by atoms with van der Waals surface area (Å²) >= 11 is 0. The first-order chi connectivity index (χ1) is 16.4. The number of aryl methyl sites for hydroxylation is 1. The van der Waals surface area contributed by atoms with Gasteiger partial charge in [0, 0.05) is 24.9 Å². The molecule has 6 nitrogen and oxygen atoms in total. The summed E-state index contributed by atoms with van der Waals surface area (Å²) in [7, 11) is 1.39. The normalized spacial score (nSPS) is 15.6. The van der Waals surface area contributed by atoms with Crippen molar-refractivity contribution in [3.05, 3.63) is 65.0 Å². The van der Waals surface area contributed by atoms with Gasteiger partial charge in [-0.3, -0.25) is 9.59 Å². The highest BCUT2D eigenvalue weighted by Gasteiger charge is 2.27. The number of aliphatic hydroxyl groups excluding tert-OH is 1. The van der Waals surface area contributed by atoms with E-state index in [1.165, 1.54) is 19.2 Å². The monoisotopic (exact) mass is 470 g/mol. The molecule has 2 N–H and O–H groups in total. The van der Waals surface area contributed by atoms with E-state index >= 15 is 0 Å². The van der Waals surface area contributed by atoms with Gasteiger partial charge in [-0.25, -0.2) is 4.39 Å². The standard InChI is InChI=1S/C27H35FN2O4/c1-19-9-11-20(12-10-19)24(31)7-3-4-8-26(32)29-23(18-30-15-5-6-16-30)27(33)21-13-14-25(34-2)22(28)17-21/h9-14,17,23,27,33H,3-8,15-16,18H2,1-2H3,(H,29,32)/t23-,27-/m1/s1. The van der Waals surface area contributed by atoms with Crippen LogP contribution in [0, 0.1) is 12.7 Å². The summed E-state index contributed by atoms with van der Waals surface area (Å²) < 4.78 is 19.2. The van der Waals surface area contributed by atoms with Crippen molar-refractivity contribution in [3.63, 3.8) is 0 Å². The van der Waals surface area contributed by atoms with Gasteiger partial charge in [0.05, 0.1) is 13.2 Å². The zero-order chi connectivity index (χ0) is 24.5. The number of amides is 1. The number of carbonyl (C=O) groups is 2. The highest BCUT2D eigenvalue weighted by atomic mass is 19.1. The summed E-state index contributed by atoms with van der Waals surface area (Å²) in [4.78, 5) is 27.2. The highest BCUT2D eigenvalue weighted by molar-refractivity contribution is 5.96. The molecule has 1 fully saturated rings. The Balaban J connectivity index is 1.53. The van der Waals surface area contributed by atoms with Crippen LogP contribution in [0.3, 0.4) is 0 Å². The molecular formula is C27H35FN2O4.